The van der Waals surface area contributed by atoms with E-state index in [1.165, 1.54) is 5.56 Å². The van der Waals surface area contributed by atoms with E-state index in [4.69, 9.17) is 9.72 Å². The maximum absolute atomic E-state index is 12.4. The number of carbonyl (C=O) groups excluding carboxylic acids is 1. The molecule has 4 rings (SSSR count). The van der Waals surface area contributed by atoms with Crippen LogP contribution in [0, 0.1) is 20.8 Å². The molecule has 0 aliphatic carbocycles. The third-order valence-corrected chi connectivity index (χ3v) is 5.81. The monoisotopic (exact) mass is 441 g/mol. The lowest BCUT2D eigenvalue weighted by atomic mass is 10.1. The summed E-state index contributed by atoms with van der Waals surface area (Å²) in [6, 6.07) is 22.1. The maximum atomic E-state index is 12.4. The fourth-order valence-electron chi connectivity index (χ4n) is 4.03. The van der Waals surface area contributed by atoms with Crippen molar-refractivity contribution >= 4 is 16.9 Å². The molecular weight excluding hydrogens is 410 g/mol. The number of amides is 1. The molecule has 170 valence electrons. The molecule has 0 aliphatic rings. The highest BCUT2D eigenvalue weighted by Gasteiger charge is 2.11. The van der Waals surface area contributed by atoms with Gasteiger partial charge in [0.15, 0.2) is 0 Å². The van der Waals surface area contributed by atoms with Crippen LogP contribution in [0.5, 0.6) is 5.75 Å². The molecule has 0 bridgehead atoms. The quantitative estimate of drug-likeness (QED) is 0.354. The average Bonchev–Trinajstić information content (AvgIpc) is 3.16. The molecule has 33 heavy (non-hydrogen) atoms. The van der Waals surface area contributed by atoms with Crippen molar-refractivity contribution in [2.45, 2.75) is 40.2 Å². The predicted molar refractivity (Wildman–Crippen MR) is 133 cm³/mol. The number of fused-ring (bicyclic) bond motifs is 1. The molecule has 0 spiro atoms. The normalized spacial score (nSPS) is 11.0. The van der Waals surface area contributed by atoms with Crippen LogP contribution in [0.25, 0.3) is 11.0 Å². The molecule has 1 heterocycles. The van der Waals surface area contributed by atoms with Gasteiger partial charge >= 0.3 is 0 Å². The summed E-state index contributed by atoms with van der Waals surface area (Å²) >= 11 is 0. The Kier molecular flexibility index (Phi) is 7.08. The number of nitrogens with one attached hydrogen (secondary N) is 1. The van der Waals surface area contributed by atoms with Crippen LogP contribution < -0.4 is 10.1 Å². The summed E-state index contributed by atoms with van der Waals surface area (Å²) < 4.78 is 8.31. The minimum atomic E-state index is -0.0367. The molecule has 0 unspecified atom stereocenters. The topological polar surface area (TPSA) is 56.2 Å². The molecule has 5 heteroatoms. The zero-order valence-corrected chi connectivity index (χ0v) is 19.6. The molecule has 3 aromatic carbocycles. The number of carbonyl (C=O) groups is 1. The van der Waals surface area contributed by atoms with Crippen molar-refractivity contribution in [1.29, 1.82) is 0 Å². The molecule has 4 aromatic rings. The third kappa shape index (κ3) is 5.61. The van der Waals surface area contributed by atoms with Gasteiger partial charge in [0.1, 0.15) is 18.2 Å². The molecule has 1 N–H and O–H groups in total. The number of ether oxygens (including phenoxy) is 1. The van der Waals surface area contributed by atoms with Crippen molar-refractivity contribution in [2.75, 3.05) is 13.2 Å². The molecule has 5 nitrogen and oxygen atoms in total. The van der Waals surface area contributed by atoms with Crippen LogP contribution in [-0.2, 0) is 13.0 Å². The zero-order chi connectivity index (χ0) is 23.2. The zero-order valence-electron chi connectivity index (χ0n) is 19.6. The Balaban J connectivity index is 1.37. The first-order chi connectivity index (χ1) is 16.0. The van der Waals surface area contributed by atoms with E-state index in [-0.39, 0.29) is 5.91 Å². The summed E-state index contributed by atoms with van der Waals surface area (Å²) in [4.78, 5) is 17.2. The number of benzene rings is 3. The molecule has 1 amide bonds. The highest BCUT2D eigenvalue weighted by Crippen LogP contribution is 2.20. The van der Waals surface area contributed by atoms with Crippen molar-refractivity contribution in [3.05, 3.63) is 94.8 Å². The number of aryl methyl sites for hydroxylation is 4. The van der Waals surface area contributed by atoms with Crippen molar-refractivity contribution in [3.63, 3.8) is 0 Å². The number of rotatable bonds is 9. The fraction of sp³-hybridized carbons (Fsp3) is 0.286. The second kappa shape index (κ2) is 10.3. The van der Waals surface area contributed by atoms with Crippen LogP contribution in [-0.4, -0.2) is 28.6 Å². The van der Waals surface area contributed by atoms with Gasteiger partial charge in [0.2, 0.25) is 0 Å². The Morgan fingerprint density at radius 2 is 1.73 bits per heavy atom. The van der Waals surface area contributed by atoms with Crippen molar-refractivity contribution in [3.8, 4) is 5.75 Å². The lowest BCUT2D eigenvalue weighted by Gasteiger charge is -2.13. The van der Waals surface area contributed by atoms with E-state index in [0.29, 0.717) is 18.7 Å². The SMILES string of the molecule is Cc1ccc(C(=O)NCCCc2nc3ccccc3n2CCOc2ccc(C)cc2C)cc1. The molecule has 0 saturated carbocycles. The minimum Gasteiger partial charge on any atom is -0.491 e. The predicted octanol–water partition coefficient (Wildman–Crippen LogP) is 5.40. The van der Waals surface area contributed by atoms with Crippen molar-refractivity contribution < 1.29 is 9.53 Å². The smallest absolute Gasteiger partial charge is 0.251 e. The van der Waals surface area contributed by atoms with Gasteiger partial charge in [-0.3, -0.25) is 4.79 Å². The van der Waals surface area contributed by atoms with E-state index in [9.17, 15) is 4.79 Å². The van der Waals surface area contributed by atoms with E-state index < -0.39 is 0 Å². The standard InChI is InChI=1S/C28H31N3O2/c1-20-10-13-23(14-11-20)28(32)29-16-6-9-27-30-24-7-4-5-8-25(24)31(27)17-18-33-26-15-12-21(2)19-22(26)3/h4-5,7-8,10-15,19H,6,9,16-18H2,1-3H3,(H,29,32). The van der Waals surface area contributed by atoms with Gasteiger partial charge in [-0.2, -0.15) is 0 Å². The Bertz CT molecular complexity index is 1240. The second-order valence-electron chi connectivity index (χ2n) is 8.51. The molecular formula is C28H31N3O2. The summed E-state index contributed by atoms with van der Waals surface area (Å²) in [6.07, 6.45) is 1.60. The van der Waals surface area contributed by atoms with E-state index in [2.05, 4.69) is 41.9 Å². The number of imidazole rings is 1. The Morgan fingerprint density at radius 1 is 0.970 bits per heavy atom. The number of hydrogen-bond acceptors (Lipinski definition) is 3. The van der Waals surface area contributed by atoms with Gasteiger partial charge in [0, 0.05) is 18.5 Å². The number of hydrogen-bond donors (Lipinski definition) is 1. The summed E-state index contributed by atoms with van der Waals surface area (Å²) in [7, 11) is 0. The molecule has 0 saturated heterocycles. The average molecular weight is 442 g/mol. The van der Waals surface area contributed by atoms with E-state index >= 15 is 0 Å². The molecule has 0 fully saturated rings. The summed E-state index contributed by atoms with van der Waals surface area (Å²) in [5, 5.41) is 3.02. The van der Waals surface area contributed by atoms with Crippen LogP contribution in [0.15, 0.2) is 66.7 Å². The summed E-state index contributed by atoms with van der Waals surface area (Å²) in [5.41, 5.74) is 6.32. The van der Waals surface area contributed by atoms with Crippen LogP contribution in [0.2, 0.25) is 0 Å². The van der Waals surface area contributed by atoms with Gasteiger partial charge in [-0.15, -0.1) is 0 Å². The Labute approximate surface area is 195 Å². The number of aromatic nitrogens is 2. The van der Waals surface area contributed by atoms with Gasteiger partial charge in [0.25, 0.3) is 5.91 Å². The minimum absolute atomic E-state index is 0.0367. The lowest BCUT2D eigenvalue weighted by molar-refractivity contribution is 0.0953. The van der Waals surface area contributed by atoms with Crippen molar-refractivity contribution in [1.82, 2.24) is 14.9 Å². The van der Waals surface area contributed by atoms with Gasteiger partial charge in [-0.1, -0.05) is 47.5 Å². The molecule has 1 aromatic heterocycles. The van der Waals surface area contributed by atoms with Crippen LogP contribution in [0.4, 0.5) is 0 Å². The fourth-order valence-corrected chi connectivity index (χ4v) is 4.03. The van der Waals surface area contributed by atoms with Crippen LogP contribution in [0.3, 0.4) is 0 Å². The maximum Gasteiger partial charge on any atom is 0.251 e. The van der Waals surface area contributed by atoms with Crippen LogP contribution >= 0.6 is 0 Å². The lowest BCUT2D eigenvalue weighted by Crippen LogP contribution is -2.25. The van der Waals surface area contributed by atoms with Gasteiger partial charge in [-0.05, 0) is 63.1 Å². The highest BCUT2D eigenvalue weighted by molar-refractivity contribution is 5.94. The summed E-state index contributed by atoms with van der Waals surface area (Å²) in [6.45, 7) is 8.07. The van der Waals surface area contributed by atoms with Gasteiger partial charge in [-0.25, -0.2) is 4.98 Å². The molecule has 0 atom stereocenters. The van der Waals surface area contributed by atoms with Crippen LogP contribution in [0.1, 0.15) is 39.3 Å². The Morgan fingerprint density at radius 3 is 2.52 bits per heavy atom. The first-order valence-electron chi connectivity index (χ1n) is 11.5. The van der Waals surface area contributed by atoms with Gasteiger partial charge < -0.3 is 14.6 Å². The van der Waals surface area contributed by atoms with E-state index in [0.717, 1.165) is 53.1 Å². The number of para-hydroxylation sites is 2. The first kappa shape index (κ1) is 22.6. The first-order valence-corrected chi connectivity index (χ1v) is 11.5. The van der Waals surface area contributed by atoms with E-state index in [1.54, 1.807) is 0 Å². The molecule has 0 radical (unpaired) electrons. The largest absolute Gasteiger partial charge is 0.491 e. The second-order valence-corrected chi connectivity index (χ2v) is 8.51. The Hall–Kier alpha value is -3.60. The summed E-state index contributed by atoms with van der Waals surface area (Å²) in [5.74, 6) is 1.90. The van der Waals surface area contributed by atoms with Crippen molar-refractivity contribution in [2.24, 2.45) is 0 Å². The highest BCUT2D eigenvalue weighted by atomic mass is 16.5. The van der Waals surface area contributed by atoms with E-state index in [1.807, 2.05) is 55.5 Å². The third-order valence-electron chi connectivity index (χ3n) is 5.81. The van der Waals surface area contributed by atoms with Gasteiger partial charge in [0.05, 0.1) is 17.6 Å². The molecule has 0 aliphatic heterocycles. The number of nitrogens with zero attached hydrogens (tertiary/aromatic N) is 2.